The normalized spacial score (nSPS) is 17.7. The van der Waals surface area contributed by atoms with Gasteiger partial charge in [0.2, 0.25) is 47.3 Å². The van der Waals surface area contributed by atoms with Crippen molar-refractivity contribution in [2.45, 2.75) is 181 Å². The number of amides is 8. The molecule has 0 aromatic heterocycles. The highest BCUT2D eigenvalue weighted by Gasteiger charge is 2.39. The average molecular weight is 985 g/mol. The molecule has 0 aliphatic carbocycles. The van der Waals surface area contributed by atoms with Crippen molar-refractivity contribution in [1.29, 1.82) is 0 Å². The first kappa shape index (κ1) is 61.5. The monoisotopic (exact) mass is 985 g/mol. The number of aliphatic carboxylic acids is 1. The molecule has 1 rings (SSSR count). The van der Waals surface area contributed by atoms with Crippen LogP contribution >= 0.6 is 11.8 Å². The summed E-state index contributed by atoms with van der Waals surface area (Å²) in [7, 11) is 0. The first-order valence-electron chi connectivity index (χ1n) is 24.1. The van der Waals surface area contributed by atoms with Crippen molar-refractivity contribution in [3.05, 3.63) is 0 Å². The molecule has 1 fully saturated rings. The number of unbranched alkanes of at least 4 members (excludes halogenated alkanes) is 1. The summed E-state index contributed by atoms with van der Waals surface area (Å²) in [6.07, 6.45) is 3.86. The van der Waals surface area contributed by atoms with Crippen LogP contribution in [0.15, 0.2) is 0 Å². The van der Waals surface area contributed by atoms with Gasteiger partial charge in [0.1, 0.15) is 42.3 Å². The summed E-state index contributed by atoms with van der Waals surface area (Å²) in [6.45, 7) is 15.8. The van der Waals surface area contributed by atoms with Gasteiger partial charge in [-0.25, -0.2) is 4.79 Å². The van der Waals surface area contributed by atoms with Crippen LogP contribution in [0.5, 0.6) is 0 Å². The number of nitrogens with two attached hydrogens (primary N) is 2. The van der Waals surface area contributed by atoms with E-state index in [2.05, 4.69) is 37.2 Å². The van der Waals surface area contributed by atoms with Gasteiger partial charge in [0, 0.05) is 6.54 Å². The third kappa shape index (κ3) is 21.8. The SMILES string of the molecule is CC[C@H](C)[C@H](NC(=O)[C@H](CC(C)C)NC(=O)[C@H](CC(C)C)NC(=O)CNC(=O)[C@@H](NC(=O)[C@H](CCCCN)NC(=O)[C@@H]1CCCN1C(=O)[C@@H](N)CCSC)[C@@H](C)O)C(=O)N[C@@H](CC(C)C)C(=O)O. The molecule has 0 aromatic carbocycles. The Labute approximate surface area is 407 Å². The molecule has 0 unspecified atom stereocenters. The van der Waals surface area contributed by atoms with Gasteiger partial charge in [0.25, 0.3) is 0 Å². The topological polar surface area (TPSA) is 334 Å². The number of nitrogens with zero attached hydrogens (tertiary/aromatic N) is 1. The fraction of sp³-hybridized carbons (Fsp3) is 0.804. The molecule has 1 heterocycles. The van der Waals surface area contributed by atoms with Crippen LogP contribution in [0.2, 0.25) is 0 Å². The van der Waals surface area contributed by atoms with Gasteiger partial charge in [-0.1, -0.05) is 61.8 Å². The van der Waals surface area contributed by atoms with Crippen LogP contribution in [0.25, 0.3) is 0 Å². The number of rotatable bonds is 32. The number of hydrogen-bond acceptors (Lipinski definition) is 13. The van der Waals surface area contributed by atoms with Crippen LogP contribution in [-0.2, 0) is 43.2 Å². The van der Waals surface area contributed by atoms with Crippen LogP contribution in [-0.4, -0.2) is 154 Å². The van der Waals surface area contributed by atoms with Gasteiger partial charge in [-0.3, -0.25) is 38.4 Å². The number of carbonyl (C=O) groups is 9. The molecule has 390 valence electrons. The number of thioether (sulfide) groups is 1. The molecule has 13 N–H and O–H groups in total. The van der Waals surface area contributed by atoms with Crippen LogP contribution in [0.1, 0.15) is 127 Å². The third-order valence-electron chi connectivity index (χ3n) is 11.7. The van der Waals surface area contributed by atoms with E-state index in [0.29, 0.717) is 57.4 Å². The van der Waals surface area contributed by atoms with E-state index in [1.807, 2.05) is 54.7 Å². The number of aliphatic hydroxyl groups excluding tert-OH is 1. The van der Waals surface area contributed by atoms with Gasteiger partial charge in [-0.05, 0) is 107 Å². The second kappa shape index (κ2) is 31.6. The van der Waals surface area contributed by atoms with Crippen LogP contribution < -0.4 is 48.7 Å². The average Bonchev–Trinajstić information content (AvgIpc) is 3.76. The second-order valence-corrected chi connectivity index (χ2v) is 20.2. The fourth-order valence-corrected chi connectivity index (χ4v) is 8.17. The standard InChI is InChI=1S/C46H84N10O11S/c1-11-28(8)37(44(64)53-34(46(66)67)23-27(6)7)54-41(61)33(22-26(4)5)52-40(60)32(21-25(2)3)50-36(58)24-49-43(63)38(29(9)57)55-39(59)31(15-12-13-18-47)51-42(62)35-16-14-19-56(35)45(65)30(48)17-20-68-10/h25-35,37-38,57H,11-24,47-48H2,1-10H3,(H,49,63)(H,50,58)(H,51,62)(H,52,60)(H,53,64)(H,54,61)(H,55,59)(H,66,67)/t28-,29+,30-,31-,32-,33-,34-,35-,37-,38-/m0/s1. The molecule has 0 aromatic rings. The molecule has 0 bridgehead atoms. The molecule has 0 saturated carbocycles. The molecule has 1 aliphatic heterocycles. The van der Waals surface area contributed by atoms with Crippen LogP contribution in [0, 0.1) is 23.7 Å². The van der Waals surface area contributed by atoms with Crippen molar-refractivity contribution >= 4 is 65.0 Å². The maximum atomic E-state index is 13.9. The summed E-state index contributed by atoms with van der Waals surface area (Å²) in [5.74, 6) is -6.66. The summed E-state index contributed by atoms with van der Waals surface area (Å²) >= 11 is 1.55. The lowest BCUT2D eigenvalue weighted by atomic mass is 9.95. The largest absolute Gasteiger partial charge is 0.480 e. The molecule has 1 aliphatic rings. The van der Waals surface area contributed by atoms with Crippen LogP contribution in [0.4, 0.5) is 0 Å². The quantitative estimate of drug-likeness (QED) is 0.0391. The fourth-order valence-electron chi connectivity index (χ4n) is 7.68. The van der Waals surface area contributed by atoms with E-state index in [1.165, 1.54) is 11.8 Å². The Hall–Kier alpha value is -4.54. The number of carboxylic acid groups (broad SMARTS) is 1. The molecule has 68 heavy (non-hydrogen) atoms. The number of hydrogen-bond donors (Lipinski definition) is 11. The van der Waals surface area contributed by atoms with E-state index in [4.69, 9.17) is 11.5 Å². The van der Waals surface area contributed by atoms with Gasteiger partial charge in [-0.15, -0.1) is 0 Å². The molecule has 1 saturated heterocycles. The predicted molar refractivity (Wildman–Crippen MR) is 260 cm³/mol. The predicted octanol–water partition coefficient (Wildman–Crippen LogP) is -0.138. The van der Waals surface area contributed by atoms with E-state index in [1.54, 1.807) is 18.7 Å². The van der Waals surface area contributed by atoms with Gasteiger partial charge in [0.05, 0.1) is 18.7 Å². The van der Waals surface area contributed by atoms with Crippen molar-refractivity contribution in [1.82, 2.24) is 42.1 Å². The molecule has 21 nitrogen and oxygen atoms in total. The van der Waals surface area contributed by atoms with E-state index in [0.717, 1.165) is 0 Å². The van der Waals surface area contributed by atoms with Crippen molar-refractivity contribution in [2.75, 3.05) is 31.6 Å². The Morgan fingerprint density at radius 1 is 0.676 bits per heavy atom. The summed E-state index contributed by atoms with van der Waals surface area (Å²) in [6, 6.07) is -8.97. The van der Waals surface area contributed by atoms with Crippen LogP contribution in [0.3, 0.4) is 0 Å². The number of carbonyl (C=O) groups excluding carboxylic acids is 8. The van der Waals surface area contributed by atoms with Gasteiger partial charge in [-0.2, -0.15) is 11.8 Å². The Kier molecular flexibility index (Phi) is 28.5. The first-order valence-corrected chi connectivity index (χ1v) is 25.5. The Morgan fingerprint density at radius 2 is 1.21 bits per heavy atom. The van der Waals surface area contributed by atoms with E-state index in [-0.39, 0.29) is 49.3 Å². The number of carboxylic acids is 1. The Balaban J connectivity index is 3.16. The summed E-state index contributed by atoms with van der Waals surface area (Å²) in [5, 5.41) is 38.6. The minimum absolute atomic E-state index is 0.0325. The lowest BCUT2D eigenvalue weighted by Gasteiger charge is -2.29. The highest BCUT2D eigenvalue weighted by molar-refractivity contribution is 7.98. The molecule has 0 radical (unpaired) electrons. The smallest absolute Gasteiger partial charge is 0.326 e. The van der Waals surface area contributed by atoms with Crippen molar-refractivity contribution in [2.24, 2.45) is 35.1 Å². The van der Waals surface area contributed by atoms with Gasteiger partial charge >= 0.3 is 5.97 Å². The van der Waals surface area contributed by atoms with Crippen molar-refractivity contribution < 1.29 is 53.4 Å². The summed E-state index contributed by atoms with van der Waals surface area (Å²) < 4.78 is 0. The van der Waals surface area contributed by atoms with E-state index in [9.17, 15) is 53.4 Å². The number of aliphatic hydroxyl groups is 1. The highest BCUT2D eigenvalue weighted by Crippen LogP contribution is 2.20. The van der Waals surface area contributed by atoms with Crippen molar-refractivity contribution in [3.8, 4) is 0 Å². The first-order chi connectivity index (χ1) is 31.9. The zero-order valence-corrected chi connectivity index (χ0v) is 42.8. The van der Waals surface area contributed by atoms with Gasteiger partial charge < -0.3 is 63.8 Å². The summed E-state index contributed by atoms with van der Waals surface area (Å²) in [4.78, 5) is 122. The molecule has 22 heteroatoms. The second-order valence-electron chi connectivity index (χ2n) is 19.2. The lowest BCUT2D eigenvalue weighted by molar-refractivity contribution is -0.143. The molecule has 0 spiro atoms. The maximum absolute atomic E-state index is 13.9. The third-order valence-corrected chi connectivity index (χ3v) is 12.3. The highest BCUT2D eigenvalue weighted by atomic mass is 32.2. The zero-order chi connectivity index (χ0) is 51.8. The Morgan fingerprint density at radius 3 is 1.74 bits per heavy atom. The molecular formula is C46H84N10O11S. The minimum atomic E-state index is -1.57. The Bertz CT molecular complexity index is 1670. The number of nitrogens with one attached hydrogen (secondary N) is 7. The molecular weight excluding hydrogens is 901 g/mol. The zero-order valence-electron chi connectivity index (χ0n) is 42.0. The summed E-state index contributed by atoms with van der Waals surface area (Å²) in [5.41, 5.74) is 11.8. The molecule has 8 amide bonds. The maximum Gasteiger partial charge on any atom is 0.326 e. The van der Waals surface area contributed by atoms with Gasteiger partial charge in [0.15, 0.2) is 0 Å². The van der Waals surface area contributed by atoms with Crippen molar-refractivity contribution in [3.63, 3.8) is 0 Å². The lowest BCUT2D eigenvalue weighted by Crippen LogP contribution is -2.60. The minimum Gasteiger partial charge on any atom is -0.480 e. The number of likely N-dealkylation sites (tertiary alicyclic amines) is 1. The molecule has 10 atom stereocenters. The van der Waals surface area contributed by atoms with E-state index >= 15 is 0 Å². The van der Waals surface area contributed by atoms with E-state index < -0.39 is 114 Å².